The highest BCUT2D eigenvalue weighted by molar-refractivity contribution is 5.79. The van der Waals surface area contributed by atoms with E-state index in [1.54, 1.807) is 7.11 Å². The fourth-order valence-corrected chi connectivity index (χ4v) is 0.949. The van der Waals surface area contributed by atoms with E-state index < -0.39 is 0 Å². The molecule has 0 atom stereocenters. The van der Waals surface area contributed by atoms with E-state index in [1.165, 1.54) is 0 Å². The van der Waals surface area contributed by atoms with E-state index in [0.29, 0.717) is 25.5 Å². The number of nitrogens with zero attached hydrogens (tertiary/aromatic N) is 1. The van der Waals surface area contributed by atoms with Crippen LogP contribution in [0.15, 0.2) is 4.99 Å². The molecular weight excluding hydrogens is 209 g/mol. The van der Waals surface area contributed by atoms with Crippen LogP contribution in [0.1, 0.15) is 27.2 Å². The highest BCUT2D eigenvalue weighted by atomic mass is 19.1. The third-order valence-corrected chi connectivity index (χ3v) is 2.12. The van der Waals surface area contributed by atoms with Gasteiger partial charge in [0.2, 0.25) is 0 Å². The molecule has 0 aliphatic rings. The van der Waals surface area contributed by atoms with Gasteiger partial charge in [0, 0.05) is 20.2 Å². The quantitative estimate of drug-likeness (QED) is 0.396. The van der Waals surface area contributed by atoms with Crippen molar-refractivity contribution in [2.24, 2.45) is 4.99 Å². The molecule has 16 heavy (non-hydrogen) atoms. The third kappa shape index (κ3) is 7.45. The number of hydrogen-bond acceptors (Lipinski definition) is 2. The molecule has 0 heterocycles. The van der Waals surface area contributed by atoms with Gasteiger partial charge in [-0.3, -0.25) is 9.38 Å². The Bertz CT molecular complexity index is 207. The van der Waals surface area contributed by atoms with Gasteiger partial charge in [-0.05, 0) is 27.2 Å². The Balaban J connectivity index is 4.12. The van der Waals surface area contributed by atoms with Gasteiger partial charge in [-0.15, -0.1) is 0 Å². The second kappa shape index (κ2) is 8.33. The Kier molecular flexibility index (Phi) is 7.89. The SMILES string of the molecule is CCNC(=NCC(C)(C)OC)NCCCF. The molecule has 0 rings (SSSR count). The molecule has 0 radical (unpaired) electrons. The molecule has 0 fully saturated rings. The van der Waals surface area contributed by atoms with E-state index in [4.69, 9.17) is 4.74 Å². The largest absolute Gasteiger partial charge is 0.377 e. The van der Waals surface area contributed by atoms with Crippen molar-refractivity contribution in [2.75, 3.05) is 33.4 Å². The Morgan fingerprint density at radius 2 is 2.06 bits per heavy atom. The molecule has 0 aromatic heterocycles. The van der Waals surface area contributed by atoms with E-state index in [1.807, 2.05) is 20.8 Å². The summed E-state index contributed by atoms with van der Waals surface area (Å²) in [5.74, 6) is 0.709. The maximum Gasteiger partial charge on any atom is 0.191 e. The first kappa shape index (κ1) is 15.2. The average Bonchev–Trinajstić information content (AvgIpc) is 2.26. The summed E-state index contributed by atoms with van der Waals surface area (Å²) in [5, 5.41) is 6.16. The maximum atomic E-state index is 11.9. The number of alkyl halides is 1. The molecule has 0 bridgehead atoms. The van der Waals surface area contributed by atoms with Crippen molar-refractivity contribution in [3.63, 3.8) is 0 Å². The van der Waals surface area contributed by atoms with E-state index in [-0.39, 0.29) is 12.3 Å². The van der Waals surface area contributed by atoms with Gasteiger partial charge in [0.1, 0.15) is 0 Å². The fraction of sp³-hybridized carbons (Fsp3) is 0.909. The zero-order valence-corrected chi connectivity index (χ0v) is 10.8. The van der Waals surface area contributed by atoms with Crippen LogP contribution in [0.3, 0.4) is 0 Å². The smallest absolute Gasteiger partial charge is 0.191 e. The summed E-state index contributed by atoms with van der Waals surface area (Å²) in [6, 6.07) is 0. The van der Waals surface area contributed by atoms with Gasteiger partial charge in [-0.25, -0.2) is 0 Å². The molecule has 0 aromatic rings. The van der Waals surface area contributed by atoms with E-state index in [9.17, 15) is 4.39 Å². The Hall–Kier alpha value is -0.840. The number of aliphatic imine (C=N–C) groups is 1. The van der Waals surface area contributed by atoms with Crippen LogP contribution in [0.5, 0.6) is 0 Å². The normalized spacial score (nSPS) is 12.7. The van der Waals surface area contributed by atoms with E-state index >= 15 is 0 Å². The number of methoxy groups -OCH3 is 1. The monoisotopic (exact) mass is 233 g/mol. The maximum absolute atomic E-state index is 11.9. The second-order valence-corrected chi connectivity index (χ2v) is 4.13. The van der Waals surface area contributed by atoms with Gasteiger partial charge < -0.3 is 15.4 Å². The minimum absolute atomic E-state index is 0.275. The lowest BCUT2D eigenvalue weighted by molar-refractivity contribution is 0.0310. The Morgan fingerprint density at radius 1 is 1.38 bits per heavy atom. The lowest BCUT2D eigenvalue weighted by Crippen LogP contribution is -2.39. The molecule has 0 aliphatic carbocycles. The average molecular weight is 233 g/mol. The van der Waals surface area contributed by atoms with Gasteiger partial charge in [0.15, 0.2) is 5.96 Å². The van der Waals surface area contributed by atoms with Crippen LogP contribution < -0.4 is 10.6 Å². The summed E-state index contributed by atoms with van der Waals surface area (Å²) in [7, 11) is 1.67. The van der Waals surface area contributed by atoms with Crippen molar-refractivity contribution in [1.29, 1.82) is 0 Å². The highest BCUT2D eigenvalue weighted by Crippen LogP contribution is 2.06. The minimum Gasteiger partial charge on any atom is -0.377 e. The number of rotatable bonds is 7. The first-order valence-corrected chi connectivity index (χ1v) is 5.69. The first-order chi connectivity index (χ1) is 7.55. The van der Waals surface area contributed by atoms with Crippen molar-refractivity contribution < 1.29 is 9.13 Å². The molecule has 0 saturated heterocycles. The van der Waals surface area contributed by atoms with Gasteiger partial charge in [0.05, 0.1) is 18.8 Å². The van der Waals surface area contributed by atoms with Gasteiger partial charge in [0.25, 0.3) is 0 Å². The molecule has 0 unspecified atom stereocenters. The molecule has 0 saturated carbocycles. The molecule has 0 spiro atoms. The topological polar surface area (TPSA) is 45.7 Å². The molecule has 0 aliphatic heterocycles. The van der Waals surface area contributed by atoms with Crippen molar-refractivity contribution in [2.45, 2.75) is 32.8 Å². The number of halogens is 1. The van der Waals surface area contributed by atoms with Crippen LogP contribution in [0.4, 0.5) is 4.39 Å². The van der Waals surface area contributed by atoms with Gasteiger partial charge >= 0.3 is 0 Å². The number of ether oxygens (including phenoxy) is 1. The minimum atomic E-state index is -0.310. The lowest BCUT2D eigenvalue weighted by atomic mass is 10.1. The zero-order chi connectivity index (χ0) is 12.4. The predicted molar refractivity (Wildman–Crippen MR) is 65.7 cm³/mol. The summed E-state index contributed by atoms with van der Waals surface area (Å²) >= 11 is 0. The van der Waals surface area contributed by atoms with Crippen LogP contribution in [0.25, 0.3) is 0 Å². The van der Waals surface area contributed by atoms with E-state index in [2.05, 4.69) is 15.6 Å². The Morgan fingerprint density at radius 3 is 2.56 bits per heavy atom. The summed E-state index contributed by atoms with van der Waals surface area (Å²) in [6.45, 7) is 7.58. The fourth-order valence-electron chi connectivity index (χ4n) is 0.949. The second-order valence-electron chi connectivity index (χ2n) is 4.13. The standard InChI is InChI=1S/C11H24FN3O/c1-5-13-10(14-8-6-7-12)15-9-11(2,3)16-4/h5-9H2,1-4H3,(H2,13,14,15). The van der Waals surface area contributed by atoms with Crippen molar-refractivity contribution in [1.82, 2.24) is 10.6 Å². The Labute approximate surface area is 97.7 Å². The molecule has 96 valence electrons. The molecule has 2 N–H and O–H groups in total. The summed E-state index contributed by atoms with van der Waals surface area (Å²) in [6.07, 6.45) is 0.498. The molecule has 0 aromatic carbocycles. The molecule has 0 amide bonds. The van der Waals surface area contributed by atoms with Crippen LogP contribution in [0, 0.1) is 0 Å². The van der Waals surface area contributed by atoms with Crippen LogP contribution in [0.2, 0.25) is 0 Å². The van der Waals surface area contributed by atoms with Crippen LogP contribution >= 0.6 is 0 Å². The number of guanidine groups is 1. The van der Waals surface area contributed by atoms with Crippen molar-refractivity contribution in [3.05, 3.63) is 0 Å². The number of hydrogen-bond donors (Lipinski definition) is 2. The highest BCUT2D eigenvalue weighted by Gasteiger charge is 2.15. The van der Waals surface area contributed by atoms with Crippen LogP contribution in [-0.2, 0) is 4.74 Å². The van der Waals surface area contributed by atoms with E-state index in [0.717, 1.165) is 6.54 Å². The summed E-state index contributed by atoms with van der Waals surface area (Å²) < 4.78 is 17.2. The number of nitrogens with one attached hydrogen (secondary N) is 2. The van der Waals surface area contributed by atoms with Gasteiger partial charge in [-0.2, -0.15) is 0 Å². The van der Waals surface area contributed by atoms with Crippen molar-refractivity contribution in [3.8, 4) is 0 Å². The lowest BCUT2D eigenvalue weighted by Gasteiger charge is -2.21. The first-order valence-electron chi connectivity index (χ1n) is 5.69. The van der Waals surface area contributed by atoms with Crippen molar-refractivity contribution >= 4 is 5.96 Å². The molecule has 4 nitrogen and oxygen atoms in total. The van der Waals surface area contributed by atoms with Gasteiger partial charge in [-0.1, -0.05) is 0 Å². The summed E-state index contributed by atoms with van der Waals surface area (Å²) in [5.41, 5.74) is -0.275. The molecule has 5 heteroatoms. The zero-order valence-electron chi connectivity index (χ0n) is 10.8. The third-order valence-electron chi connectivity index (χ3n) is 2.12. The summed E-state index contributed by atoms with van der Waals surface area (Å²) in [4.78, 5) is 4.37. The molecular formula is C11H24FN3O. The van der Waals surface area contributed by atoms with Crippen LogP contribution in [-0.4, -0.2) is 45.0 Å². The predicted octanol–water partition coefficient (Wildman–Crippen LogP) is 1.33.